The van der Waals surface area contributed by atoms with E-state index in [1.807, 2.05) is 19.2 Å². The van der Waals surface area contributed by atoms with Gasteiger partial charge in [0.15, 0.2) is 0 Å². The van der Waals surface area contributed by atoms with E-state index in [-0.39, 0.29) is 11.7 Å². The molecule has 94 valence electrons. The van der Waals surface area contributed by atoms with E-state index >= 15 is 0 Å². The van der Waals surface area contributed by atoms with E-state index in [1.165, 1.54) is 0 Å². The maximum absolute atomic E-state index is 11.8. The van der Waals surface area contributed by atoms with Gasteiger partial charge in [-0.1, -0.05) is 31.9 Å². The highest BCUT2D eigenvalue weighted by Crippen LogP contribution is 2.12. The first kappa shape index (κ1) is 13.6. The summed E-state index contributed by atoms with van der Waals surface area (Å²) in [4.78, 5) is 13.5. The van der Waals surface area contributed by atoms with Crippen LogP contribution in [-0.2, 0) is 11.3 Å². The average molecular weight is 235 g/mol. The van der Waals surface area contributed by atoms with E-state index in [4.69, 9.17) is 5.11 Å². The number of nitrogens with zero attached hydrogens (tertiary/aromatic N) is 1. The molecule has 0 spiro atoms. The number of phenolic OH excluding ortho intramolecular Hbond substituents is 1. The third kappa shape index (κ3) is 4.89. The van der Waals surface area contributed by atoms with Crippen LogP contribution in [0.15, 0.2) is 24.3 Å². The van der Waals surface area contributed by atoms with Crippen LogP contribution in [0.2, 0.25) is 0 Å². The number of phenols is 1. The number of benzene rings is 1. The first-order chi connectivity index (χ1) is 8.13. The van der Waals surface area contributed by atoms with Crippen LogP contribution in [-0.4, -0.2) is 23.0 Å². The summed E-state index contributed by atoms with van der Waals surface area (Å²) in [5.41, 5.74) is 1.04. The number of aromatic hydroxyl groups is 1. The Labute approximate surface area is 103 Å². The van der Waals surface area contributed by atoms with Crippen LogP contribution in [0.3, 0.4) is 0 Å². The van der Waals surface area contributed by atoms with Crippen molar-refractivity contribution in [3.05, 3.63) is 29.8 Å². The van der Waals surface area contributed by atoms with Gasteiger partial charge in [-0.3, -0.25) is 4.79 Å². The molecule has 0 atom stereocenters. The Bertz CT molecular complexity index is 346. The Balaban J connectivity index is 2.40. The predicted octanol–water partition coefficient (Wildman–Crippen LogP) is 2.93. The molecule has 1 amide bonds. The summed E-state index contributed by atoms with van der Waals surface area (Å²) in [6, 6.07) is 6.96. The quantitative estimate of drug-likeness (QED) is 0.770. The minimum absolute atomic E-state index is 0.187. The normalized spacial score (nSPS) is 10.2. The fourth-order valence-corrected chi connectivity index (χ4v) is 1.68. The third-order valence-electron chi connectivity index (χ3n) is 2.78. The molecule has 3 heteroatoms. The molecule has 0 heterocycles. The standard InChI is InChI=1S/C14H21NO2/c1-3-4-5-6-14(17)15(2)11-12-7-9-13(16)10-8-12/h7-10,16H,3-6,11H2,1-2H3. The fraction of sp³-hybridized carbons (Fsp3) is 0.500. The van der Waals surface area contributed by atoms with Gasteiger partial charge in [0.25, 0.3) is 0 Å². The third-order valence-corrected chi connectivity index (χ3v) is 2.78. The number of rotatable bonds is 6. The van der Waals surface area contributed by atoms with Gasteiger partial charge < -0.3 is 10.0 Å². The van der Waals surface area contributed by atoms with Crippen molar-refractivity contribution in [3.8, 4) is 5.75 Å². The summed E-state index contributed by atoms with van der Waals surface area (Å²) >= 11 is 0. The van der Waals surface area contributed by atoms with Gasteiger partial charge >= 0.3 is 0 Å². The molecule has 0 saturated heterocycles. The number of unbranched alkanes of at least 4 members (excludes halogenated alkanes) is 2. The average Bonchev–Trinajstić information content (AvgIpc) is 2.32. The largest absolute Gasteiger partial charge is 0.508 e. The second-order valence-electron chi connectivity index (χ2n) is 4.37. The molecule has 17 heavy (non-hydrogen) atoms. The van der Waals surface area contributed by atoms with Crippen molar-refractivity contribution in [2.75, 3.05) is 7.05 Å². The first-order valence-electron chi connectivity index (χ1n) is 6.15. The van der Waals surface area contributed by atoms with Crippen LogP contribution in [0, 0.1) is 0 Å². The zero-order valence-electron chi connectivity index (χ0n) is 10.6. The van der Waals surface area contributed by atoms with Crippen LogP contribution < -0.4 is 0 Å². The number of amides is 1. The monoisotopic (exact) mass is 235 g/mol. The first-order valence-corrected chi connectivity index (χ1v) is 6.15. The van der Waals surface area contributed by atoms with Crippen molar-refractivity contribution < 1.29 is 9.90 Å². The maximum Gasteiger partial charge on any atom is 0.222 e. The van der Waals surface area contributed by atoms with Crippen molar-refractivity contribution >= 4 is 5.91 Å². The van der Waals surface area contributed by atoms with E-state index < -0.39 is 0 Å². The number of carbonyl (C=O) groups is 1. The lowest BCUT2D eigenvalue weighted by atomic mass is 10.1. The highest BCUT2D eigenvalue weighted by Gasteiger charge is 2.08. The molecule has 0 unspecified atom stereocenters. The molecule has 0 fully saturated rings. The van der Waals surface area contributed by atoms with Gasteiger partial charge in [-0.05, 0) is 24.1 Å². The highest BCUT2D eigenvalue weighted by molar-refractivity contribution is 5.75. The molecule has 0 bridgehead atoms. The van der Waals surface area contributed by atoms with E-state index in [2.05, 4.69) is 6.92 Å². The number of hydrogen-bond acceptors (Lipinski definition) is 2. The van der Waals surface area contributed by atoms with Gasteiger partial charge in [0.1, 0.15) is 5.75 Å². The van der Waals surface area contributed by atoms with Gasteiger partial charge in [0.05, 0.1) is 0 Å². The molecule has 0 aliphatic rings. The van der Waals surface area contributed by atoms with Crippen LogP contribution >= 0.6 is 0 Å². The molecule has 0 aliphatic heterocycles. The Morgan fingerprint density at radius 1 is 1.24 bits per heavy atom. The molecule has 1 N–H and O–H groups in total. The van der Waals surface area contributed by atoms with Crippen LogP contribution in [0.4, 0.5) is 0 Å². The van der Waals surface area contributed by atoms with Crippen LogP contribution in [0.1, 0.15) is 38.2 Å². The molecule has 1 aromatic carbocycles. The lowest BCUT2D eigenvalue weighted by molar-refractivity contribution is -0.130. The van der Waals surface area contributed by atoms with E-state index in [1.54, 1.807) is 17.0 Å². The van der Waals surface area contributed by atoms with Gasteiger partial charge in [0.2, 0.25) is 5.91 Å². The number of hydrogen-bond donors (Lipinski definition) is 1. The van der Waals surface area contributed by atoms with Crippen molar-refractivity contribution in [3.63, 3.8) is 0 Å². The summed E-state index contributed by atoms with van der Waals surface area (Å²) < 4.78 is 0. The smallest absolute Gasteiger partial charge is 0.222 e. The Morgan fingerprint density at radius 3 is 2.47 bits per heavy atom. The van der Waals surface area contributed by atoms with E-state index in [0.717, 1.165) is 24.8 Å². The zero-order valence-corrected chi connectivity index (χ0v) is 10.6. The topological polar surface area (TPSA) is 40.5 Å². The Kier molecular flexibility index (Phi) is 5.53. The van der Waals surface area contributed by atoms with Crippen LogP contribution in [0.25, 0.3) is 0 Å². The summed E-state index contributed by atoms with van der Waals surface area (Å²) in [5, 5.41) is 9.16. The predicted molar refractivity (Wildman–Crippen MR) is 68.7 cm³/mol. The second-order valence-corrected chi connectivity index (χ2v) is 4.37. The van der Waals surface area contributed by atoms with Crippen molar-refractivity contribution in [1.82, 2.24) is 4.90 Å². The van der Waals surface area contributed by atoms with Gasteiger partial charge in [0, 0.05) is 20.0 Å². The Morgan fingerprint density at radius 2 is 1.88 bits per heavy atom. The second kappa shape index (κ2) is 6.94. The summed E-state index contributed by atoms with van der Waals surface area (Å²) in [5.74, 6) is 0.442. The number of carbonyl (C=O) groups excluding carboxylic acids is 1. The molecular formula is C14H21NO2. The SMILES string of the molecule is CCCCCC(=O)N(C)Cc1ccc(O)cc1. The lowest BCUT2D eigenvalue weighted by Gasteiger charge is -2.17. The molecular weight excluding hydrogens is 214 g/mol. The minimum atomic E-state index is 0.187. The summed E-state index contributed by atoms with van der Waals surface area (Å²) in [7, 11) is 1.82. The van der Waals surface area contributed by atoms with Crippen molar-refractivity contribution in [1.29, 1.82) is 0 Å². The fourth-order valence-electron chi connectivity index (χ4n) is 1.68. The zero-order chi connectivity index (χ0) is 12.7. The molecule has 1 aromatic rings. The molecule has 0 radical (unpaired) electrons. The van der Waals surface area contributed by atoms with E-state index in [9.17, 15) is 4.79 Å². The molecule has 0 aromatic heterocycles. The minimum Gasteiger partial charge on any atom is -0.508 e. The van der Waals surface area contributed by atoms with Crippen molar-refractivity contribution in [2.45, 2.75) is 39.2 Å². The van der Waals surface area contributed by atoms with Crippen molar-refractivity contribution in [2.24, 2.45) is 0 Å². The highest BCUT2D eigenvalue weighted by atomic mass is 16.3. The Hall–Kier alpha value is -1.51. The van der Waals surface area contributed by atoms with Gasteiger partial charge in [-0.25, -0.2) is 0 Å². The summed E-state index contributed by atoms with van der Waals surface area (Å²) in [6.45, 7) is 2.73. The van der Waals surface area contributed by atoms with Gasteiger partial charge in [-0.2, -0.15) is 0 Å². The molecule has 0 saturated carbocycles. The molecule has 0 aliphatic carbocycles. The molecule has 1 rings (SSSR count). The van der Waals surface area contributed by atoms with Crippen LogP contribution in [0.5, 0.6) is 5.75 Å². The molecule has 3 nitrogen and oxygen atoms in total. The van der Waals surface area contributed by atoms with E-state index in [0.29, 0.717) is 13.0 Å². The van der Waals surface area contributed by atoms with Gasteiger partial charge in [-0.15, -0.1) is 0 Å². The lowest BCUT2D eigenvalue weighted by Crippen LogP contribution is -2.25. The maximum atomic E-state index is 11.8. The summed E-state index contributed by atoms with van der Waals surface area (Å²) in [6.07, 6.45) is 3.84.